The lowest BCUT2D eigenvalue weighted by molar-refractivity contribution is 1.04. The van der Waals surface area contributed by atoms with Crippen LogP contribution in [0.5, 0.6) is 0 Å². The molecule has 0 saturated carbocycles. The standard InChI is InChI=1S/C10H8Cl2N2S/c1-5-8(9-7(11)3-4-15-9)13-6(2)14-10(5)12/h3-4H,1-2H3. The Balaban J connectivity index is 2.68. The quantitative estimate of drug-likeness (QED) is 0.719. The van der Waals surface area contributed by atoms with Crippen molar-refractivity contribution in [1.82, 2.24) is 9.97 Å². The first kappa shape index (κ1) is 10.9. The van der Waals surface area contributed by atoms with Crippen LogP contribution in [-0.4, -0.2) is 9.97 Å². The van der Waals surface area contributed by atoms with E-state index in [1.54, 1.807) is 11.3 Å². The van der Waals surface area contributed by atoms with E-state index in [2.05, 4.69) is 9.97 Å². The molecule has 2 aromatic rings. The average molecular weight is 259 g/mol. The van der Waals surface area contributed by atoms with Crippen molar-refractivity contribution in [1.29, 1.82) is 0 Å². The number of nitrogens with zero attached hydrogens (tertiary/aromatic N) is 2. The molecule has 0 saturated heterocycles. The van der Waals surface area contributed by atoms with Crippen molar-refractivity contribution in [2.24, 2.45) is 0 Å². The lowest BCUT2D eigenvalue weighted by Gasteiger charge is -2.05. The highest BCUT2D eigenvalue weighted by Crippen LogP contribution is 2.35. The van der Waals surface area contributed by atoms with Crippen LogP contribution in [0.15, 0.2) is 11.4 Å². The van der Waals surface area contributed by atoms with Crippen LogP contribution in [0.25, 0.3) is 10.6 Å². The maximum atomic E-state index is 6.06. The van der Waals surface area contributed by atoms with Gasteiger partial charge in [0.1, 0.15) is 11.0 Å². The zero-order valence-electron chi connectivity index (χ0n) is 8.21. The van der Waals surface area contributed by atoms with E-state index in [4.69, 9.17) is 23.2 Å². The summed E-state index contributed by atoms with van der Waals surface area (Å²) in [7, 11) is 0. The van der Waals surface area contributed by atoms with Crippen molar-refractivity contribution < 1.29 is 0 Å². The van der Waals surface area contributed by atoms with E-state index in [0.29, 0.717) is 16.0 Å². The number of thiophene rings is 1. The number of halogens is 2. The van der Waals surface area contributed by atoms with Gasteiger partial charge in [-0.25, -0.2) is 9.97 Å². The normalized spacial score (nSPS) is 10.7. The molecule has 0 atom stereocenters. The summed E-state index contributed by atoms with van der Waals surface area (Å²) in [6.45, 7) is 3.71. The molecule has 0 spiro atoms. The van der Waals surface area contributed by atoms with Gasteiger partial charge in [0.15, 0.2) is 0 Å². The SMILES string of the molecule is Cc1nc(Cl)c(C)c(-c2sccc2Cl)n1. The molecule has 0 aliphatic carbocycles. The van der Waals surface area contributed by atoms with Gasteiger partial charge in [0.25, 0.3) is 0 Å². The smallest absolute Gasteiger partial charge is 0.136 e. The zero-order valence-corrected chi connectivity index (χ0v) is 10.5. The highest BCUT2D eigenvalue weighted by molar-refractivity contribution is 7.14. The molecule has 0 N–H and O–H groups in total. The number of aryl methyl sites for hydroxylation is 1. The Morgan fingerprint density at radius 1 is 1.20 bits per heavy atom. The van der Waals surface area contributed by atoms with Crippen LogP contribution in [-0.2, 0) is 0 Å². The summed E-state index contributed by atoms with van der Waals surface area (Å²) >= 11 is 13.6. The third-order valence-corrected chi connectivity index (χ3v) is 3.75. The summed E-state index contributed by atoms with van der Waals surface area (Å²) in [5, 5.41) is 3.13. The molecule has 0 aliphatic heterocycles. The van der Waals surface area contributed by atoms with Crippen LogP contribution < -0.4 is 0 Å². The summed E-state index contributed by atoms with van der Waals surface area (Å²) in [6, 6.07) is 1.85. The topological polar surface area (TPSA) is 25.8 Å². The molecule has 0 fully saturated rings. The predicted molar refractivity (Wildman–Crippen MR) is 64.8 cm³/mol. The Labute approximate surface area is 102 Å². The number of rotatable bonds is 1. The molecule has 2 aromatic heterocycles. The van der Waals surface area contributed by atoms with Crippen LogP contribution in [0.3, 0.4) is 0 Å². The van der Waals surface area contributed by atoms with Crippen molar-refractivity contribution in [2.45, 2.75) is 13.8 Å². The Hall–Kier alpha value is -0.640. The van der Waals surface area contributed by atoms with Crippen molar-refractivity contribution in [2.75, 3.05) is 0 Å². The lowest BCUT2D eigenvalue weighted by Crippen LogP contribution is -1.95. The summed E-state index contributed by atoms with van der Waals surface area (Å²) in [6.07, 6.45) is 0. The molecule has 0 aliphatic rings. The summed E-state index contributed by atoms with van der Waals surface area (Å²) in [4.78, 5) is 9.40. The molecule has 78 valence electrons. The first-order valence-electron chi connectivity index (χ1n) is 4.33. The van der Waals surface area contributed by atoms with Gasteiger partial charge in [0, 0.05) is 5.56 Å². The second-order valence-corrected chi connectivity index (χ2v) is 4.81. The lowest BCUT2D eigenvalue weighted by atomic mass is 10.2. The van der Waals surface area contributed by atoms with Crippen molar-refractivity contribution in [3.63, 3.8) is 0 Å². The highest BCUT2D eigenvalue weighted by Gasteiger charge is 2.13. The van der Waals surface area contributed by atoms with Gasteiger partial charge in [-0.1, -0.05) is 23.2 Å². The molecule has 0 aromatic carbocycles. The Morgan fingerprint density at radius 2 is 1.93 bits per heavy atom. The van der Waals surface area contributed by atoms with Crippen molar-refractivity contribution >= 4 is 34.5 Å². The minimum atomic E-state index is 0.488. The van der Waals surface area contributed by atoms with Crippen molar-refractivity contribution in [3.05, 3.63) is 33.0 Å². The average Bonchev–Trinajstić information content (AvgIpc) is 2.58. The number of aromatic nitrogens is 2. The fourth-order valence-corrected chi connectivity index (χ4v) is 2.68. The zero-order chi connectivity index (χ0) is 11.0. The third-order valence-electron chi connectivity index (χ3n) is 2.03. The molecule has 15 heavy (non-hydrogen) atoms. The van der Waals surface area contributed by atoms with Crippen molar-refractivity contribution in [3.8, 4) is 10.6 Å². The van der Waals surface area contributed by atoms with Gasteiger partial charge >= 0.3 is 0 Å². The van der Waals surface area contributed by atoms with Gasteiger partial charge in [-0.3, -0.25) is 0 Å². The van der Waals surface area contributed by atoms with Gasteiger partial charge in [0.05, 0.1) is 15.6 Å². The second-order valence-electron chi connectivity index (χ2n) is 3.13. The van der Waals surface area contributed by atoms with Crippen LogP contribution in [0.4, 0.5) is 0 Å². The van der Waals surface area contributed by atoms with E-state index >= 15 is 0 Å². The van der Waals surface area contributed by atoms with Crippen LogP contribution in [0, 0.1) is 13.8 Å². The molecule has 5 heteroatoms. The molecular formula is C10H8Cl2N2S. The van der Waals surface area contributed by atoms with E-state index in [0.717, 1.165) is 16.1 Å². The minimum Gasteiger partial charge on any atom is -0.232 e. The van der Waals surface area contributed by atoms with Crippen LogP contribution in [0.1, 0.15) is 11.4 Å². The molecule has 2 heterocycles. The molecule has 0 unspecified atom stereocenters. The van der Waals surface area contributed by atoms with Gasteiger partial charge in [-0.15, -0.1) is 11.3 Å². The Kier molecular flexibility index (Phi) is 2.96. The van der Waals surface area contributed by atoms with Crippen LogP contribution in [0.2, 0.25) is 10.2 Å². The first-order valence-corrected chi connectivity index (χ1v) is 5.97. The maximum Gasteiger partial charge on any atom is 0.136 e. The van der Waals surface area contributed by atoms with Gasteiger partial charge in [0.2, 0.25) is 0 Å². The second kappa shape index (κ2) is 4.08. The molecule has 2 nitrogen and oxygen atoms in total. The van der Waals surface area contributed by atoms with E-state index in [1.165, 1.54) is 0 Å². The third kappa shape index (κ3) is 2.00. The fraction of sp³-hybridized carbons (Fsp3) is 0.200. The Bertz CT molecular complexity index is 508. The number of hydrogen-bond donors (Lipinski definition) is 0. The largest absolute Gasteiger partial charge is 0.232 e. The van der Waals surface area contributed by atoms with E-state index < -0.39 is 0 Å². The van der Waals surface area contributed by atoms with Gasteiger partial charge < -0.3 is 0 Å². The molecule has 0 radical (unpaired) electrons. The predicted octanol–water partition coefficient (Wildman–Crippen LogP) is 4.13. The molecular weight excluding hydrogens is 251 g/mol. The van der Waals surface area contributed by atoms with Gasteiger partial charge in [-0.05, 0) is 25.3 Å². The summed E-state index contributed by atoms with van der Waals surface area (Å²) in [5.41, 5.74) is 1.69. The maximum absolute atomic E-state index is 6.06. The minimum absolute atomic E-state index is 0.488. The van der Waals surface area contributed by atoms with E-state index in [9.17, 15) is 0 Å². The Morgan fingerprint density at radius 3 is 2.53 bits per heavy atom. The number of hydrogen-bond acceptors (Lipinski definition) is 3. The molecule has 0 amide bonds. The van der Waals surface area contributed by atoms with Gasteiger partial charge in [-0.2, -0.15) is 0 Å². The highest BCUT2D eigenvalue weighted by atomic mass is 35.5. The van der Waals surface area contributed by atoms with Crippen LogP contribution >= 0.6 is 34.5 Å². The first-order chi connectivity index (χ1) is 7.09. The van der Waals surface area contributed by atoms with E-state index in [-0.39, 0.29) is 0 Å². The fourth-order valence-electron chi connectivity index (χ4n) is 1.28. The summed E-state index contributed by atoms with van der Waals surface area (Å²) in [5.74, 6) is 0.657. The molecule has 2 rings (SSSR count). The summed E-state index contributed by atoms with van der Waals surface area (Å²) < 4.78 is 0. The monoisotopic (exact) mass is 258 g/mol. The van der Waals surface area contributed by atoms with E-state index in [1.807, 2.05) is 25.3 Å². The molecule has 0 bridgehead atoms.